The van der Waals surface area contributed by atoms with Crippen molar-refractivity contribution in [1.29, 1.82) is 0 Å². The maximum atomic E-state index is 13.6. The van der Waals surface area contributed by atoms with Crippen molar-refractivity contribution in [2.24, 2.45) is 17.8 Å². The number of carbonyl (C=O) groups is 3. The van der Waals surface area contributed by atoms with Crippen molar-refractivity contribution in [2.75, 3.05) is 0 Å². The molecule has 26 heavy (non-hydrogen) atoms. The van der Waals surface area contributed by atoms with E-state index in [4.69, 9.17) is 9.84 Å². The van der Waals surface area contributed by atoms with Crippen LogP contribution in [0.3, 0.4) is 0 Å². The molecule has 146 valence electrons. The number of allylic oxidation sites excluding steroid dienone is 1. The first-order valence-corrected chi connectivity index (χ1v) is 7.80. The van der Waals surface area contributed by atoms with E-state index >= 15 is 0 Å². The number of fused-ring (bicyclic) bond motifs is 2. The molecule has 10 heteroatoms. The first kappa shape index (κ1) is 20.2. The van der Waals surface area contributed by atoms with Crippen LogP contribution in [-0.2, 0) is 23.9 Å². The van der Waals surface area contributed by atoms with Crippen LogP contribution in [0, 0.1) is 17.8 Å². The molecule has 0 saturated heterocycles. The van der Waals surface area contributed by atoms with Crippen LogP contribution in [-0.4, -0.2) is 46.6 Å². The summed E-state index contributed by atoms with van der Waals surface area (Å²) < 4.78 is 63.2. The summed E-state index contributed by atoms with van der Waals surface area (Å²) in [4.78, 5) is 34.3. The first-order chi connectivity index (χ1) is 11.7. The van der Waals surface area contributed by atoms with Gasteiger partial charge in [0.15, 0.2) is 0 Å². The Bertz CT molecular complexity index is 652. The van der Waals surface area contributed by atoms with Crippen LogP contribution in [0.15, 0.2) is 12.2 Å². The molecular weight excluding hydrogens is 364 g/mol. The largest absolute Gasteiger partial charge is 0.477 e. The molecule has 0 amide bonds. The van der Waals surface area contributed by atoms with E-state index in [-0.39, 0.29) is 0 Å². The van der Waals surface area contributed by atoms with E-state index in [0.717, 1.165) is 0 Å². The summed E-state index contributed by atoms with van der Waals surface area (Å²) >= 11 is 0. The van der Waals surface area contributed by atoms with Gasteiger partial charge in [-0.2, -0.15) is 17.6 Å². The lowest BCUT2D eigenvalue weighted by Crippen LogP contribution is -2.54. The fourth-order valence-electron chi connectivity index (χ4n) is 3.08. The molecule has 0 spiro atoms. The Morgan fingerprint density at radius 1 is 1.00 bits per heavy atom. The number of halogens is 4. The van der Waals surface area contributed by atoms with Gasteiger partial charge >= 0.3 is 29.8 Å². The summed E-state index contributed by atoms with van der Waals surface area (Å²) in [5, 5.41) is 8.24. The normalized spacial score (nSPS) is 28.1. The highest BCUT2D eigenvalue weighted by molar-refractivity contribution is 5.89. The first-order valence-electron chi connectivity index (χ1n) is 7.80. The van der Waals surface area contributed by atoms with Gasteiger partial charge in [-0.3, -0.25) is 4.79 Å². The Morgan fingerprint density at radius 2 is 1.54 bits per heavy atom. The molecule has 0 aromatic carbocycles. The molecule has 6 nitrogen and oxygen atoms in total. The Labute approximate surface area is 146 Å². The molecule has 1 N–H and O–H groups in total. The zero-order valence-electron chi connectivity index (χ0n) is 14.2. The van der Waals surface area contributed by atoms with Crippen molar-refractivity contribution in [3.8, 4) is 0 Å². The van der Waals surface area contributed by atoms with Crippen LogP contribution in [0.5, 0.6) is 0 Å². The van der Waals surface area contributed by atoms with Gasteiger partial charge in [0.05, 0.1) is 0 Å². The second-order valence-electron chi connectivity index (χ2n) is 7.33. The topological polar surface area (TPSA) is 89.9 Å². The third-order valence-corrected chi connectivity index (χ3v) is 4.23. The quantitative estimate of drug-likeness (QED) is 0.446. The molecule has 4 unspecified atom stereocenters. The van der Waals surface area contributed by atoms with E-state index in [1.54, 1.807) is 26.8 Å². The number of carboxylic acids is 1. The zero-order valence-corrected chi connectivity index (χ0v) is 14.2. The molecule has 0 aromatic rings. The van der Waals surface area contributed by atoms with Gasteiger partial charge in [0, 0.05) is 5.92 Å². The van der Waals surface area contributed by atoms with Crippen molar-refractivity contribution in [2.45, 2.75) is 50.7 Å². The lowest BCUT2D eigenvalue weighted by atomic mass is 9.90. The fourth-order valence-corrected chi connectivity index (χ4v) is 3.08. The molecule has 0 radical (unpaired) electrons. The van der Waals surface area contributed by atoms with Crippen molar-refractivity contribution in [1.82, 2.24) is 0 Å². The van der Waals surface area contributed by atoms with Crippen molar-refractivity contribution in [3.63, 3.8) is 0 Å². The lowest BCUT2D eigenvalue weighted by molar-refractivity contribution is -0.239. The second kappa shape index (κ2) is 6.24. The van der Waals surface area contributed by atoms with Gasteiger partial charge in [-0.25, -0.2) is 9.59 Å². The lowest BCUT2D eigenvalue weighted by Gasteiger charge is -2.31. The summed E-state index contributed by atoms with van der Waals surface area (Å²) in [5.74, 6) is -20.1. The van der Waals surface area contributed by atoms with Crippen molar-refractivity contribution in [3.05, 3.63) is 12.2 Å². The van der Waals surface area contributed by atoms with E-state index in [9.17, 15) is 31.9 Å². The Morgan fingerprint density at radius 3 is 2.04 bits per heavy atom. The second-order valence-corrected chi connectivity index (χ2v) is 7.33. The number of carboxylic acid groups (broad SMARTS) is 1. The Kier molecular flexibility index (Phi) is 4.84. The predicted molar refractivity (Wildman–Crippen MR) is 77.5 cm³/mol. The average molecular weight is 382 g/mol. The SMILES string of the molecule is CC(C)(C)OC(=O)C1C2C=CC(C2)C1OC(=O)C(F)(F)C(F)(F)C(=O)O. The minimum atomic E-state index is -5.64. The number of esters is 2. The smallest absolute Gasteiger partial charge is 0.415 e. The van der Waals surface area contributed by atoms with Crippen LogP contribution >= 0.6 is 0 Å². The maximum Gasteiger partial charge on any atom is 0.415 e. The fraction of sp³-hybridized carbons (Fsp3) is 0.688. The highest BCUT2D eigenvalue weighted by atomic mass is 19.3. The number of carbonyl (C=O) groups excluding carboxylic acids is 2. The van der Waals surface area contributed by atoms with Crippen molar-refractivity contribution >= 4 is 17.9 Å². The van der Waals surface area contributed by atoms with E-state index in [0.29, 0.717) is 6.42 Å². The van der Waals surface area contributed by atoms with Gasteiger partial charge in [-0.15, -0.1) is 0 Å². The summed E-state index contributed by atoms with van der Waals surface area (Å²) in [5.41, 5.74) is -0.891. The van der Waals surface area contributed by atoms with Gasteiger partial charge in [-0.1, -0.05) is 12.2 Å². The third kappa shape index (κ3) is 3.41. The van der Waals surface area contributed by atoms with Crippen LogP contribution in [0.25, 0.3) is 0 Å². The van der Waals surface area contributed by atoms with Gasteiger partial charge in [0.1, 0.15) is 17.6 Å². The molecule has 2 aliphatic carbocycles. The van der Waals surface area contributed by atoms with Gasteiger partial charge in [0.25, 0.3) is 0 Å². The number of rotatable bonds is 5. The average Bonchev–Trinajstić information content (AvgIpc) is 3.05. The minimum Gasteiger partial charge on any atom is -0.477 e. The van der Waals surface area contributed by atoms with E-state index in [2.05, 4.69) is 4.74 Å². The number of ether oxygens (including phenoxy) is 2. The number of hydrogen-bond donors (Lipinski definition) is 1. The standard InChI is InChI=1S/C16H18F4O6/c1-14(2,3)26-11(21)9-7-4-5-8(6-7)10(9)25-13(24)16(19,20)15(17,18)12(22)23/h4-5,7-10H,6H2,1-3H3,(H,22,23). The van der Waals surface area contributed by atoms with E-state index in [1.165, 1.54) is 6.08 Å². The molecule has 0 heterocycles. The summed E-state index contributed by atoms with van der Waals surface area (Å²) in [7, 11) is 0. The molecule has 2 rings (SSSR count). The predicted octanol–water partition coefficient (Wildman–Crippen LogP) is 2.42. The summed E-state index contributed by atoms with van der Waals surface area (Å²) in [6.45, 7) is 4.74. The Balaban J connectivity index is 2.21. The molecule has 2 aliphatic rings. The molecule has 0 aliphatic heterocycles. The maximum absolute atomic E-state index is 13.6. The van der Waals surface area contributed by atoms with Crippen molar-refractivity contribution < 1.29 is 46.5 Å². The van der Waals surface area contributed by atoms with Crippen LogP contribution < -0.4 is 0 Å². The Hall–Kier alpha value is -2.13. The molecule has 1 fully saturated rings. The molecule has 4 atom stereocenters. The summed E-state index contributed by atoms with van der Waals surface area (Å²) in [6.07, 6.45) is 2.07. The van der Waals surface area contributed by atoms with E-state index in [1.807, 2.05) is 0 Å². The highest BCUT2D eigenvalue weighted by Crippen LogP contribution is 2.47. The van der Waals surface area contributed by atoms with Gasteiger partial charge in [-0.05, 0) is 33.1 Å². The van der Waals surface area contributed by atoms with E-state index < -0.39 is 59.2 Å². The number of aliphatic carboxylic acids is 1. The van der Waals surface area contributed by atoms with Gasteiger partial charge < -0.3 is 14.6 Å². The molecular formula is C16H18F4O6. The molecule has 1 saturated carbocycles. The number of alkyl halides is 4. The van der Waals surface area contributed by atoms with Crippen LogP contribution in [0.4, 0.5) is 17.6 Å². The van der Waals surface area contributed by atoms with Crippen LogP contribution in [0.2, 0.25) is 0 Å². The van der Waals surface area contributed by atoms with Crippen LogP contribution in [0.1, 0.15) is 27.2 Å². The summed E-state index contributed by atoms with van der Waals surface area (Å²) in [6, 6.07) is 0. The van der Waals surface area contributed by atoms with Gasteiger partial charge in [0.2, 0.25) is 0 Å². The number of hydrogen-bond acceptors (Lipinski definition) is 5. The molecule has 2 bridgehead atoms. The zero-order chi connectivity index (χ0) is 20.1. The monoisotopic (exact) mass is 382 g/mol. The molecule has 0 aromatic heterocycles. The third-order valence-electron chi connectivity index (χ3n) is 4.23. The minimum absolute atomic E-state index is 0.308. The highest BCUT2D eigenvalue weighted by Gasteiger charge is 2.69.